The Morgan fingerprint density at radius 2 is 2.06 bits per heavy atom. The fourth-order valence-electron chi connectivity index (χ4n) is 1.07. The van der Waals surface area contributed by atoms with E-state index in [1.54, 1.807) is 17.6 Å². The Bertz CT molecular complexity index is 529. The average Bonchev–Trinajstić information content (AvgIpc) is 2.64. The summed E-state index contributed by atoms with van der Waals surface area (Å²) in [6.45, 7) is 0. The first-order chi connectivity index (χ1) is 7.65. The number of guanidine groups is 1. The summed E-state index contributed by atoms with van der Waals surface area (Å²) < 4.78 is 0. The van der Waals surface area contributed by atoms with Gasteiger partial charge in [-0.3, -0.25) is 0 Å². The standard InChI is InChI=1S/C8H9N7S/c9-6(10)15-8-12-2-1-4(14-8)5-3-16-7(11)13-5/h1-3H,(H2,11,13)(H4,9,10,12,14,15). The van der Waals surface area contributed by atoms with Crippen molar-refractivity contribution in [2.75, 3.05) is 5.73 Å². The first kappa shape index (κ1) is 10.3. The van der Waals surface area contributed by atoms with Gasteiger partial charge < -0.3 is 17.2 Å². The van der Waals surface area contributed by atoms with E-state index in [0.717, 1.165) is 0 Å². The highest BCUT2D eigenvalue weighted by molar-refractivity contribution is 7.13. The maximum Gasteiger partial charge on any atom is 0.253 e. The van der Waals surface area contributed by atoms with Crippen molar-refractivity contribution in [3.8, 4) is 11.4 Å². The van der Waals surface area contributed by atoms with Crippen LogP contribution in [0.25, 0.3) is 11.4 Å². The van der Waals surface area contributed by atoms with Gasteiger partial charge in [-0.05, 0) is 6.07 Å². The van der Waals surface area contributed by atoms with Gasteiger partial charge in [-0.2, -0.15) is 4.99 Å². The monoisotopic (exact) mass is 235 g/mol. The third kappa shape index (κ3) is 2.23. The summed E-state index contributed by atoms with van der Waals surface area (Å²) in [6, 6.07) is 1.71. The molecular weight excluding hydrogens is 226 g/mol. The third-order valence-electron chi connectivity index (χ3n) is 1.66. The third-order valence-corrected chi connectivity index (χ3v) is 2.33. The summed E-state index contributed by atoms with van der Waals surface area (Å²) in [5, 5.41) is 2.29. The number of rotatable bonds is 2. The van der Waals surface area contributed by atoms with Crippen LogP contribution in [0.3, 0.4) is 0 Å². The Labute approximate surface area is 95.1 Å². The van der Waals surface area contributed by atoms with Crippen molar-refractivity contribution in [3.63, 3.8) is 0 Å². The first-order valence-electron chi connectivity index (χ1n) is 4.29. The molecular formula is C8H9N7S. The predicted molar refractivity (Wildman–Crippen MR) is 63.0 cm³/mol. The fraction of sp³-hybridized carbons (Fsp3) is 0. The van der Waals surface area contributed by atoms with Crippen molar-refractivity contribution in [1.29, 1.82) is 0 Å². The second-order valence-corrected chi connectivity index (χ2v) is 3.74. The lowest BCUT2D eigenvalue weighted by Crippen LogP contribution is -2.22. The quantitative estimate of drug-likeness (QED) is 0.499. The average molecular weight is 235 g/mol. The molecule has 82 valence electrons. The summed E-state index contributed by atoms with van der Waals surface area (Å²) in [4.78, 5) is 15.9. The van der Waals surface area contributed by atoms with Crippen LogP contribution >= 0.6 is 11.3 Å². The first-order valence-corrected chi connectivity index (χ1v) is 5.17. The molecule has 0 atom stereocenters. The van der Waals surface area contributed by atoms with Gasteiger partial charge in [0.25, 0.3) is 5.95 Å². The van der Waals surface area contributed by atoms with Crippen molar-refractivity contribution in [2.45, 2.75) is 0 Å². The van der Waals surface area contributed by atoms with Gasteiger partial charge in [-0.1, -0.05) is 0 Å². The molecule has 0 saturated heterocycles. The molecule has 2 rings (SSSR count). The molecule has 0 aromatic carbocycles. The van der Waals surface area contributed by atoms with Crippen LogP contribution in [0.1, 0.15) is 0 Å². The molecule has 16 heavy (non-hydrogen) atoms. The second kappa shape index (κ2) is 4.11. The van der Waals surface area contributed by atoms with E-state index in [9.17, 15) is 0 Å². The summed E-state index contributed by atoms with van der Waals surface area (Å²) in [7, 11) is 0. The molecule has 7 nitrogen and oxygen atoms in total. The highest BCUT2D eigenvalue weighted by Gasteiger charge is 2.05. The largest absolute Gasteiger partial charge is 0.375 e. The number of nitrogen functional groups attached to an aromatic ring is 1. The predicted octanol–water partition coefficient (Wildman–Crippen LogP) is 0.0872. The fourth-order valence-corrected chi connectivity index (χ4v) is 1.62. The zero-order valence-corrected chi connectivity index (χ0v) is 8.98. The number of thiazole rings is 1. The highest BCUT2D eigenvalue weighted by Crippen LogP contribution is 2.21. The van der Waals surface area contributed by atoms with E-state index in [0.29, 0.717) is 16.5 Å². The van der Waals surface area contributed by atoms with Crippen LogP contribution in [0.15, 0.2) is 22.6 Å². The molecule has 0 aliphatic rings. The summed E-state index contributed by atoms with van der Waals surface area (Å²) in [5.74, 6) is 0.110. The number of hydrogen-bond acceptors (Lipinski definition) is 6. The van der Waals surface area contributed by atoms with Crippen LogP contribution < -0.4 is 17.2 Å². The number of hydrogen-bond donors (Lipinski definition) is 3. The van der Waals surface area contributed by atoms with E-state index in [4.69, 9.17) is 17.2 Å². The number of aromatic nitrogens is 3. The zero-order chi connectivity index (χ0) is 11.5. The van der Waals surface area contributed by atoms with E-state index in [-0.39, 0.29) is 11.9 Å². The minimum atomic E-state index is -0.0880. The van der Waals surface area contributed by atoms with Gasteiger partial charge in [0, 0.05) is 11.6 Å². The second-order valence-electron chi connectivity index (χ2n) is 2.85. The van der Waals surface area contributed by atoms with E-state index in [1.807, 2.05) is 0 Å². The van der Waals surface area contributed by atoms with E-state index >= 15 is 0 Å². The lowest BCUT2D eigenvalue weighted by Gasteiger charge is -1.97. The molecule has 0 amide bonds. The summed E-state index contributed by atoms with van der Waals surface area (Å²) in [5.41, 5.74) is 17.3. The summed E-state index contributed by atoms with van der Waals surface area (Å²) >= 11 is 1.34. The molecule has 2 heterocycles. The van der Waals surface area contributed by atoms with Crippen LogP contribution in [0.5, 0.6) is 0 Å². The van der Waals surface area contributed by atoms with Crippen LogP contribution in [0.4, 0.5) is 11.1 Å². The van der Waals surface area contributed by atoms with Crippen molar-refractivity contribution in [3.05, 3.63) is 17.6 Å². The Balaban J connectivity index is 2.40. The minimum Gasteiger partial charge on any atom is -0.375 e. The Hall–Kier alpha value is -2.22. The van der Waals surface area contributed by atoms with Crippen molar-refractivity contribution < 1.29 is 0 Å². The van der Waals surface area contributed by atoms with Gasteiger partial charge in [0.05, 0.1) is 5.69 Å². The molecule has 0 saturated carbocycles. The Morgan fingerprint density at radius 3 is 2.69 bits per heavy atom. The van der Waals surface area contributed by atoms with E-state index in [2.05, 4.69) is 19.9 Å². The van der Waals surface area contributed by atoms with E-state index in [1.165, 1.54) is 11.3 Å². The smallest absolute Gasteiger partial charge is 0.253 e. The lowest BCUT2D eigenvalue weighted by molar-refractivity contribution is 1.12. The van der Waals surface area contributed by atoms with Gasteiger partial charge in [-0.15, -0.1) is 11.3 Å². The Morgan fingerprint density at radius 1 is 1.25 bits per heavy atom. The summed E-state index contributed by atoms with van der Waals surface area (Å²) in [6.07, 6.45) is 1.56. The van der Waals surface area contributed by atoms with Gasteiger partial charge in [0.15, 0.2) is 11.1 Å². The SMILES string of the molecule is NC(N)=Nc1nccc(-c2csc(N)n2)n1. The molecule has 6 N–H and O–H groups in total. The van der Waals surface area contributed by atoms with E-state index < -0.39 is 0 Å². The van der Waals surface area contributed by atoms with Gasteiger partial charge in [0.2, 0.25) is 0 Å². The van der Waals surface area contributed by atoms with Crippen molar-refractivity contribution in [1.82, 2.24) is 15.0 Å². The highest BCUT2D eigenvalue weighted by atomic mass is 32.1. The molecule has 0 fully saturated rings. The van der Waals surface area contributed by atoms with Crippen LogP contribution in [-0.2, 0) is 0 Å². The van der Waals surface area contributed by atoms with Crippen LogP contribution in [-0.4, -0.2) is 20.9 Å². The maximum absolute atomic E-state index is 5.53. The molecule has 2 aromatic rings. The molecule has 0 aliphatic carbocycles. The topological polar surface area (TPSA) is 129 Å². The molecule has 0 bridgehead atoms. The Kier molecular flexibility index (Phi) is 2.64. The molecule has 8 heteroatoms. The number of anilines is 1. The maximum atomic E-state index is 5.53. The van der Waals surface area contributed by atoms with Gasteiger partial charge >= 0.3 is 0 Å². The molecule has 0 radical (unpaired) electrons. The van der Waals surface area contributed by atoms with Crippen LogP contribution in [0, 0.1) is 0 Å². The normalized spacial score (nSPS) is 10.0. The molecule has 0 unspecified atom stereocenters. The van der Waals surface area contributed by atoms with Gasteiger partial charge in [-0.25, -0.2) is 15.0 Å². The lowest BCUT2D eigenvalue weighted by atomic mass is 10.3. The van der Waals surface area contributed by atoms with Crippen LogP contribution in [0.2, 0.25) is 0 Å². The zero-order valence-electron chi connectivity index (χ0n) is 8.16. The van der Waals surface area contributed by atoms with Crippen molar-refractivity contribution in [2.24, 2.45) is 16.5 Å². The molecule has 0 aliphatic heterocycles. The molecule has 0 spiro atoms. The molecule has 2 aromatic heterocycles. The van der Waals surface area contributed by atoms with Gasteiger partial charge in [0.1, 0.15) is 5.69 Å². The number of nitrogens with zero attached hydrogens (tertiary/aromatic N) is 4. The van der Waals surface area contributed by atoms with Crippen molar-refractivity contribution >= 4 is 28.4 Å². The number of aliphatic imine (C=N–C) groups is 1. The number of nitrogens with two attached hydrogens (primary N) is 3. The minimum absolute atomic E-state index is 0.0880.